The monoisotopic (exact) mass is 614 g/mol. The van der Waals surface area contributed by atoms with Gasteiger partial charge < -0.3 is 30.7 Å². The van der Waals surface area contributed by atoms with Crippen LogP contribution in [0.5, 0.6) is 11.5 Å². The second kappa shape index (κ2) is 17.4. The number of ether oxygens (including phenoxy) is 3. The van der Waals surface area contributed by atoms with Crippen molar-refractivity contribution in [1.29, 1.82) is 0 Å². The molecule has 0 bridgehead atoms. The molecule has 40 heavy (non-hydrogen) atoms. The van der Waals surface area contributed by atoms with Crippen LogP contribution in [0, 0.1) is 5.92 Å². The number of hydrogen-bond donors (Lipinski definition) is 0. The summed E-state index contributed by atoms with van der Waals surface area (Å²) in [4.78, 5) is 24.3. The summed E-state index contributed by atoms with van der Waals surface area (Å²) in [5.74, 6) is 0.530. The zero-order valence-corrected chi connectivity index (χ0v) is 27.0. The van der Waals surface area contributed by atoms with Crippen molar-refractivity contribution in [3.05, 3.63) is 65.7 Å². The molecule has 0 saturated carbocycles. The van der Waals surface area contributed by atoms with Crippen molar-refractivity contribution >= 4 is 56.6 Å². The molecule has 3 rings (SSSR count). The Morgan fingerprint density at radius 2 is 1.60 bits per heavy atom. The van der Waals surface area contributed by atoms with E-state index >= 15 is 0 Å². The normalized spacial score (nSPS) is 16.1. The summed E-state index contributed by atoms with van der Waals surface area (Å²) in [6.07, 6.45) is 6.91. The fourth-order valence-electron chi connectivity index (χ4n) is 3.38. The molecule has 1 unspecified atom stereocenters. The van der Waals surface area contributed by atoms with Gasteiger partial charge >= 0.3 is 50.5 Å². The molecule has 212 valence electrons. The Hall–Kier alpha value is -2.37. The van der Waals surface area contributed by atoms with Gasteiger partial charge in [0.1, 0.15) is 11.5 Å². The zero-order chi connectivity index (χ0) is 28.6. The number of unbranched alkanes of at least 4 members (excludes halogenated alkanes) is 2. The Morgan fingerprint density at radius 3 is 2.27 bits per heavy atom. The van der Waals surface area contributed by atoms with E-state index in [1.807, 2.05) is 44.7 Å². The molecule has 0 aromatic heterocycles. The standard InChI is InChI=1S/C27H34O9Si4/c1-4-21(2)20-31-27(29)23-11-15-25(16-12-23)32-26(28)17-10-22-8-13-24(14-9-22)30-18-6-5-7-19-40(3)35-38-33-37-34-39-36-40/h8-17,21H,4-7,18-20H2,1-3H3/b17-10+. The zero-order valence-electron chi connectivity index (χ0n) is 23.0. The molecule has 1 aliphatic heterocycles. The molecular weight excluding hydrogens is 581 g/mol. The van der Waals surface area contributed by atoms with E-state index < -0.39 is 14.5 Å². The molecule has 13 heteroatoms. The Bertz CT molecular complexity index is 1070. The van der Waals surface area contributed by atoms with Crippen LogP contribution in [-0.2, 0) is 26.0 Å². The van der Waals surface area contributed by atoms with Crippen molar-refractivity contribution < 1.29 is 40.3 Å². The van der Waals surface area contributed by atoms with Crippen LogP contribution in [-0.4, -0.2) is 63.7 Å². The van der Waals surface area contributed by atoms with E-state index in [0.29, 0.717) is 30.4 Å². The lowest BCUT2D eigenvalue weighted by Crippen LogP contribution is -2.44. The SMILES string of the molecule is CCC(C)COC(=O)c1ccc(OC(=O)/C=C/c2ccc(OCCCCC[Si]3(C)O[Si]O[Si]O[Si]O3)cc2)cc1. The highest BCUT2D eigenvalue weighted by atomic mass is 28.5. The van der Waals surface area contributed by atoms with Crippen LogP contribution in [0.25, 0.3) is 6.08 Å². The van der Waals surface area contributed by atoms with Gasteiger partial charge in [0.05, 0.1) is 18.8 Å². The lowest BCUT2D eigenvalue weighted by molar-refractivity contribution is -0.128. The Labute approximate surface area is 244 Å². The van der Waals surface area contributed by atoms with Crippen LogP contribution in [0.15, 0.2) is 54.6 Å². The van der Waals surface area contributed by atoms with Gasteiger partial charge in [0.2, 0.25) is 0 Å². The van der Waals surface area contributed by atoms with E-state index in [0.717, 1.165) is 43.0 Å². The van der Waals surface area contributed by atoms with Gasteiger partial charge in [-0.3, -0.25) is 0 Å². The molecule has 2 aromatic rings. The second-order valence-corrected chi connectivity index (χ2v) is 15.9. The summed E-state index contributed by atoms with van der Waals surface area (Å²) in [6, 6.07) is 14.7. The van der Waals surface area contributed by atoms with Gasteiger partial charge in [0, 0.05) is 6.08 Å². The lowest BCUT2D eigenvalue weighted by Gasteiger charge is -2.27. The van der Waals surface area contributed by atoms with E-state index in [1.165, 1.54) is 6.08 Å². The maximum absolute atomic E-state index is 12.2. The van der Waals surface area contributed by atoms with Crippen molar-refractivity contribution in [2.45, 2.75) is 52.1 Å². The molecule has 1 atom stereocenters. The molecule has 0 N–H and O–H groups in total. The van der Waals surface area contributed by atoms with Crippen LogP contribution in [0.2, 0.25) is 12.6 Å². The van der Waals surface area contributed by atoms with Crippen LogP contribution in [0.1, 0.15) is 55.5 Å². The van der Waals surface area contributed by atoms with Crippen molar-refractivity contribution in [1.82, 2.24) is 0 Å². The molecule has 1 saturated heterocycles. The third-order valence-corrected chi connectivity index (χ3v) is 12.7. The number of benzene rings is 2. The van der Waals surface area contributed by atoms with Crippen molar-refractivity contribution in [2.24, 2.45) is 5.92 Å². The van der Waals surface area contributed by atoms with Crippen LogP contribution in [0.4, 0.5) is 0 Å². The first kappa shape index (κ1) is 32.1. The van der Waals surface area contributed by atoms with E-state index in [9.17, 15) is 9.59 Å². The fourth-order valence-corrected chi connectivity index (χ4v) is 8.94. The van der Waals surface area contributed by atoms with E-state index in [2.05, 4.69) is 0 Å². The predicted octanol–water partition coefficient (Wildman–Crippen LogP) is 4.81. The van der Waals surface area contributed by atoms with Gasteiger partial charge in [-0.2, -0.15) is 0 Å². The summed E-state index contributed by atoms with van der Waals surface area (Å²) in [5.41, 5.74) is 1.26. The predicted molar refractivity (Wildman–Crippen MR) is 155 cm³/mol. The maximum atomic E-state index is 12.2. The largest absolute Gasteiger partial charge is 0.494 e. The first-order valence-corrected chi connectivity index (χ1v) is 18.2. The highest BCUT2D eigenvalue weighted by Gasteiger charge is 2.33. The highest BCUT2D eigenvalue weighted by Crippen LogP contribution is 2.19. The molecular formula is C27H34O9Si4. The summed E-state index contributed by atoms with van der Waals surface area (Å²) >= 11 is 0. The highest BCUT2D eigenvalue weighted by molar-refractivity contribution is 6.74. The van der Waals surface area contributed by atoms with Gasteiger partial charge in [-0.15, -0.1) is 0 Å². The average Bonchev–Trinajstić information content (AvgIpc) is 2.95. The summed E-state index contributed by atoms with van der Waals surface area (Å²) < 4.78 is 38.6. The van der Waals surface area contributed by atoms with Gasteiger partial charge in [-0.05, 0) is 73.0 Å². The smallest absolute Gasteiger partial charge is 0.412 e. The minimum atomic E-state index is -2.22. The minimum Gasteiger partial charge on any atom is -0.494 e. The number of rotatable bonds is 14. The van der Waals surface area contributed by atoms with E-state index in [4.69, 9.17) is 30.7 Å². The maximum Gasteiger partial charge on any atom is 0.412 e. The fraction of sp³-hybridized carbons (Fsp3) is 0.407. The molecule has 0 amide bonds. The van der Waals surface area contributed by atoms with E-state index in [-0.39, 0.29) is 36.0 Å². The Balaban J connectivity index is 1.33. The molecule has 9 nitrogen and oxygen atoms in total. The lowest BCUT2D eigenvalue weighted by atomic mass is 10.1. The second-order valence-electron chi connectivity index (χ2n) is 9.41. The third kappa shape index (κ3) is 12.0. The first-order valence-electron chi connectivity index (χ1n) is 13.2. The number of carbonyl (C=O) groups excluding carboxylic acids is 2. The average molecular weight is 615 g/mol. The van der Waals surface area contributed by atoms with Crippen molar-refractivity contribution in [3.63, 3.8) is 0 Å². The molecule has 1 aliphatic rings. The molecule has 2 aromatic carbocycles. The topological polar surface area (TPSA) is 98.8 Å². The van der Waals surface area contributed by atoms with Gasteiger partial charge in [0.25, 0.3) is 0 Å². The Morgan fingerprint density at radius 1 is 0.925 bits per heavy atom. The van der Waals surface area contributed by atoms with E-state index in [1.54, 1.807) is 30.3 Å². The van der Waals surface area contributed by atoms with Crippen molar-refractivity contribution in [3.8, 4) is 11.5 Å². The quantitative estimate of drug-likeness (QED) is 0.0976. The summed E-state index contributed by atoms with van der Waals surface area (Å²) in [5, 5.41) is 0. The summed E-state index contributed by atoms with van der Waals surface area (Å²) in [6.45, 7) is 7.12. The number of esters is 2. The molecule has 1 heterocycles. The minimum absolute atomic E-state index is 0.0112. The van der Waals surface area contributed by atoms with Crippen LogP contribution in [0.3, 0.4) is 0 Å². The molecule has 6 radical (unpaired) electrons. The summed E-state index contributed by atoms with van der Waals surface area (Å²) in [7, 11) is -2.27. The first-order chi connectivity index (χ1) is 19.4. The molecule has 0 spiro atoms. The van der Waals surface area contributed by atoms with Crippen LogP contribution < -0.4 is 9.47 Å². The van der Waals surface area contributed by atoms with Gasteiger partial charge in [0.15, 0.2) is 0 Å². The van der Waals surface area contributed by atoms with Crippen molar-refractivity contribution in [2.75, 3.05) is 13.2 Å². The van der Waals surface area contributed by atoms with Gasteiger partial charge in [-0.25, -0.2) is 9.59 Å². The van der Waals surface area contributed by atoms with Gasteiger partial charge in [-0.1, -0.05) is 45.2 Å². The van der Waals surface area contributed by atoms with Crippen LogP contribution >= 0.6 is 0 Å². The molecule has 0 aliphatic carbocycles. The Kier molecular flexibility index (Phi) is 14.0. The number of carbonyl (C=O) groups is 2. The number of hydrogen-bond acceptors (Lipinski definition) is 9. The molecule has 1 fully saturated rings. The third-order valence-electron chi connectivity index (χ3n) is 6.02.